The second-order valence-electron chi connectivity index (χ2n) is 6.34. The van der Waals surface area contributed by atoms with Gasteiger partial charge >= 0.3 is 5.97 Å². The van der Waals surface area contributed by atoms with E-state index in [0.717, 1.165) is 17.6 Å². The Balaban J connectivity index is 0.000000659. The number of carboxylic acids is 1. The molecule has 1 heterocycles. The van der Waals surface area contributed by atoms with Crippen molar-refractivity contribution < 1.29 is 14.3 Å². The molecular formula is C22H21NO4. The van der Waals surface area contributed by atoms with Crippen LogP contribution >= 0.6 is 0 Å². The molecule has 0 amide bonds. The van der Waals surface area contributed by atoms with Crippen molar-refractivity contribution in [2.75, 3.05) is 14.1 Å². The van der Waals surface area contributed by atoms with E-state index in [-0.39, 0.29) is 11.0 Å². The molecule has 0 aliphatic heterocycles. The van der Waals surface area contributed by atoms with Gasteiger partial charge in [-0.1, -0.05) is 30.3 Å². The molecule has 5 heteroatoms. The first-order valence-corrected chi connectivity index (χ1v) is 8.72. The Labute approximate surface area is 157 Å². The van der Waals surface area contributed by atoms with Crippen LogP contribution in [-0.2, 0) is 6.42 Å². The summed E-state index contributed by atoms with van der Waals surface area (Å²) in [7, 11) is 3.75. The van der Waals surface area contributed by atoms with Crippen LogP contribution in [0.25, 0.3) is 22.6 Å². The highest BCUT2D eigenvalue weighted by Gasteiger charge is 2.24. The summed E-state index contributed by atoms with van der Waals surface area (Å²) in [5.41, 5.74) is 3.07. The Morgan fingerprint density at radius 3 is 2.48 bits per heavy atom. The van der Waals surface area contributed by atoms with Gasteiger partial charge in [-0.3, -0.25) is 4.79 Å². The van der Waals surface area contributed by atoms with Gasteiger partial charge in [0, 0.05) is 5.56 Å². The van der Waals surface area contributed by atoms with E-state index >= 15 is 0 Å². The Bertz CT molecular complexity index is 1060. The van der Waals surface area contributed by atoms with Gasteiger partial charge in [0.2, 0.25) is 0 Å². The Morgan fingerprint density at radius 2 is 1.81 bits per heavy atom. The maximum atomic E-state index is 12.7. The number of allylic oxidation sites excluding steroid dienone is 1. The molecule has 1 aliphatic rings. The summed E-state index contributed by atoms with van der Waals surface area (Å²) >= 11 is 0. The van der Waals surface area contributed by atoms with Crippen LogP contribution in [-0.4, -0.2) is 25.2 Å². The van der Waals surface area contributed by atoms with E-state index < -0.39 is 5.97 Å². The molecule has 1 aromatic heterocycles. The van der Waals surface area contributed by atoms with Gasteiger partial charge in [0.15, 0.2) is 5.43 Å². The summed E-state index contributed by atoms with van der Waals surface area (Å²) in [5.74, 6) is -0.430. The van der Waals surface area contributed by atoms with E-state index in [1.54, 1.807) is 6.07 Å². The van der Waals surface area contributed by atoms with Gasteiger partial charge < -0.3 is 14.8 Å². The molecule has 0 fully saturated rings. The Kier molecular flexibility index (Phi) is 5.52. The van der Waals surface area contributed by atoms with Crippen molar-refractivity contribution in [2.24, 2.45) is 0 Å². The van der Waals surface area contributed by atoms with Crippen molar-refractivity contribution in [1.29, 1.82) is 0 Å². The molecule has 3 aromatic rings. The van der Waals surface area contributed by atoms with Crippen molar-refractivity contribution in [3.8, 4) is 0 Å². The molecule has 0 saturated carbocycles. The maximum Gasteiger partial charge on any atom is 0.335 e. The van der Waals surface area contributed by atoms with E-state index in [1.807, 2.05) is 50.5 Å². The third kappa shape index (κ3) is 3.83. The van der Waals surface area contributed by atoms with Crippen LogP contribution in [0.2, 0.25) is 0 Å². The highest BCUT2D eigenvalue weighted by atomic mass is 16.4. The zero-order valence-electron chi connectivity index (χ0n) is 15.3. The van der Waals surface area contributed by atoms with E-state index in [4.69, 9.17) is 9.52 Å². The molecule has 2 N–H and O–H groups in total. The fourth-order valence-corrected chi connectivity index (χ4v) is 3.11. The quantitative estimate of drug-likeness (QED) is 0.724. The van der Waals surface area contributed by atoms with Crippen molar-refractivity contribution in [1.82, 2.24) is 5.32 Å². The summed E-state index contributed by atoms with van der Waals surface area (Å²) in [6.45, 7) is 0. The van der Waals surface area contributed by atoms with Crippen LogP contribution < -0.4 is 10.7 Å². The van der Waals surface area contributed by atoms with Crippen LogP contribution in [0, 0.1) is 0 Å². The molecule has 0 atom stereocenters. The predicted molar refractivity (Wildman–Crippen MR) is 107 cm³/mol. The summed E-state index contributed by atoms with van der Waals surface area (Å²) in [6.07, 6.45) is 3.39. The van der Waals surface area contributed by atoms with Crippen molar-refractivity contribution >= 4 is 28.6 Å². The molecule has 0 unspecified atom stereocenters. The number of carbonyl (C=O) groups is 1. The van der Waals surface area contributed by atoms with Crippen LogP contribution in [0.1, 0.15) is 33.7 Å². The number of nitrogens with one attached hydrogen (secondary N) is 1. The smallest absolute Gasteiger partial charge is 0.335 e. The van der Waals surface area contributed by atoms with Crippen LogP contribution in [0.5, 0.6) is 0 Å². The van der Waals surface area contributed by atoms with Crippen molar-refractivity contribution in [3.05, 3.63) is 81.2 Å². The topological polar surface area (TPSA) is 79.5 Å². The number of fused-ring (bicyclic) bond motifs is 2. The minimum absolute atomic E-state index is 0.0906. The molecule has 0 radical (unpaired) electrons. The lowest BCUT2D eigenvalue weighted by atomic mass is 10.1. The Hall–Kier alpha value is -3.18. The highest BCUT2D eigenvalue weighted by Crippen LogP contribution is 2.34. The first-order valence-electron chi connectivity index (χ1n) is 8.72. The van der Waals surface area contributed by atoms with Gasteiger partial charge in [-0.25, -0.2) is 4.79 Å². The van der Waals surface area contributed by atoms with Gasteiger partial charge in [-0.2, -0.15) is 0 Å². The molecular weight excluding hydrogens is 342 g/mol. The van der Waals surface area contributed by atoms with Gasteiger partial charge in [0.05, 0.1) is 10.9 Å². The van der Waals surface area contributed by atoms with Crippen molar-refractivity contribution in [2.45, 2.75) is 12.8 Å². The third-order valence-corrected chi connectivity index (χ3v) is 4.31. The van der Waals surface area contributed by atoms with E-state index in [9.17, 15) is 9.59 Å². The molecule has 5 nitrogen and oxygen atoms in total. The summed E-state index contributed by atoms with van der Waals surface area (Å²) < 4.78 is 5.94. The lowest BCUT2D eigenvalue weighted by Gasteiger charge is -2.05. The monoisotopic (exact) mass is 363 g/mol. The third-order valence-electron chi connectivity index (χ3n) is 4.31. The molecule has 138 valence electrons. The van der Waals surface area contributed by atoms with Crippen LogP contribution in [0.4, 0.5) is 0 Å². The summed E-state index contributed by atoms with van der Waals surface area (Å²) in [5, 5.41) is 12.2. The first-order chi connectivity index (χ1) is 13.0. The largest absolute Gasteiger partial charge is 0.478 e. The second-order valence-corrected chi connectivity index (χ2v) is 6.34. The predicted octanol–water partition coefficient (Wildman–Crippen LogP) is 3.81. The first kappa shape index (κ1) is 18.6. The lowest BCUT2D eigenvalue weighted by molar-refractivity contribution is 0.0697. The van der Waals surface area contributed by atoms with Gasteiger partial charge in [-0.15, -0.1) is 0 Å². The van der Waals surface area contributed by atoms with Gasteiger partial charge in [-0.05, 0) is 62.3 Å². The number of hydrogen-bond donors (Lipinski definition) is 2. The van der Waals surface area contributed by atoms with Crippen molar-refractivity contribution in [3.63, 3.8) is 0 Å². The fraction of sp³-hybridized carbons (Fsp3) is 0.182. The summed E-state index contributed by atoms with van der Waals surface area (Å²) in [4.78, 5) is 23.8. The second kappa shape index (κ2) is 8.01. The number of hydrogen-bond acceptors (Lipinski definition) is 4. The number of rotatable bonds is 2. The van der Waals surface area contributed by atoms with E-state index in [1.165, 1.54) is 12.1 Å². The minimum Gasteiger partial charge on any atom is -0.478 e. The Morgan fingerprint density at radius 1 is 1.11 bits per heavy atom. The van der Waals surface area contributed by atoms with Crippen LogP contribution in [0.15, 0.2) is 57.7 Å². The minimum atomic E-state index is -1.05. The standard InChI is InChI=1S/C20H14O4.C2H7N/c21-18-15-8-6-13(10-12-4-2-1-3-5-12)19(15)24-17-9-7-14(20(22)23)11-16(17)18;1-3-2/h1-5,7,9-11H,6,8H2,(H,22,23);3H,1-2H3. The number of benzene rings is 2. The molecule has 0 bridgehead atoms. The molecule has 4 rings (SSSR count). The number of carboxylic acid groups (broad SMARTS) is 1. The normalized spacial score (nSPS) is 13.9. The van der Waals surface area contributed by atoms with E-state index in [0.29, 0.717) is 28.7 Å². The maximum absolute atomic E-state index is 12.7. The number of aromatic carboxylic acids is 1. The average Bonchev–Trinajstić information content (AvgIpc) is 3.06. The zero-order chi connectivity index (χ0) is 19.4. The lowest BCUT2D eigenvalue weighted by Crippen LogP contribution is -2.09. The van der Waals surface area contributed by atoms with Crippen LogP contribution in [0.3, 0.4) is 0 Å². The average molecular weight is 363 g/mol. The summed E-state index contributed by atoms with van der Waals surface area (Å²) in [6, 6.07) is 14.3. The molecule has 27 heavy (non-hydrogen) atoms. The van der Waals surface area contributed by atoms with E-state index in [2.05, 4.69) is 5.32 Å². The molecule has 2 aromatic carbocycles. The SMILES string of the molecule is CNC.O=C(O)c1ccc2oc3c(c(=O)c2c1)CCC3=Cc1ccccc1. The van der Waals surface area contributed by atoms with Gasteiger partial charge in [0.25, 0.3) is 0 Å². The van der Waals surface area contributed by atoms with Gasteiger partial charge in [0.1, 0.15) is 11.3 Å². The molecule has 1 aliphatic carbocycles. The molecule has 0 saturated heterocycles. The highest BCUT2D eigenvalue weighted by molar-refractivity contribution is 5.94. The fourth-order valence-electron chi connectivity index (χ4n) is 3.11. The zero-order valence-corrected chi connectivity index (χ0v) is 15.3. The molecule has 0 spiro atoms.